The normalized spacial score (nSPS) is 26.4. The Kier molecular flexibility index (Phi) is 2.12. The summed E-state index contributed by atoms with van der Waals surface area (Å²) in [6.07, 6.45) is 1.96. The lowest BCUT2D eigenvalue weighted by Gasteiger charge is -2.14. The van der Waals surface area contributed by atoms with Crippen molar-refractivity contribution in [3.8, 4) is 6.07 Å². The molecule has 0 saturated heterocycles. The molecule has 72 valence electrons. The molecule has 1 atom stereocenters. The van der Waals surface area contributed by atoms with E-state index in [1.165, 1.54) is 11.3 Å². The van der Waals surface area contributed by atoms with Crippen LogP contribution in [0.3, 0.4) is 0 Å². The van der Waals surface area contributed by atoms with Crippen LogP contribution >= 0.6 is 11.3 Å². The Hall–Kier alpha value is -1.21. The number of hydrogen-bond donors (Lipinski definition) is 0. The first-order valence-corrected chi connectivity index (χ1v) is 5.44. The molecule has 0 amide bonds. The monoisotopic (exact) mass is 206 g/mol. The fraction of sp³-hybridized carbons (Fsp3) is 0.500. The van der Waals surface area contributed by atoms with Crippen molar-refractivity contribution in [2.24, 2.45) is 0 Å². The Bertz CT molecular complexity index is 418. The topological polar surface area (TPSA) is 53.8 Å². The molecule has 1 unspecified atom stereocenters. The molecule has 0 spiro atoms. The minimum absolute atomic E-state index is 0.0364. The van der Waals surface area contributed by atoms with Gasteiger partial charge < -0.3 is 0 Å². The molecule has 0 aliphatic heterocycles. The second-order valence-electron chi connectivity index (χ2n) is 3.59. The van der Waals surface area contributed by atoms with E-state index in [-0.39, 0.29) is 5.78 Å². The van der Waals surface area contributed by atoms with Crippen LogP contribution in [0.2, 0.25) is 0 Å². The molecule has 0 aromatic carbocycles. The molecule has 14 heavy (non-hydrogen) atoms. The summed E-state index contributed by atoms with van der Waals surface area (Å²) in [5.74, 6) is 0.0364. The minimum Gasteiger partial charge on any atom is -0.297 e. The van der Waals surface area contributed by atoms with Crippen molar-refractivity contribution in [2.45, 2.75) is 31.6 Å². The zero-order valence-corrected chi connectivity index (χ0v) is 8.73. The maximum absolute atomic E-state index is 11.7. The Morgan fingerprint density at radius 3 is 2.93 bits per heavy atom. The second-order valence-corrected chi connectivity index (χ2v) is 4.45. The van der Waals surface area contributed by atoms with Crippen LogP contribution in [-0.2, 0) is 10.2 Å². The second kappa shape index (κ2) is 3.18. The highest BCUT2D eigenvalue weighted by Gasteiger charge is 2.46. The van der Waals surface area contributed by atoms with Crippen molar-refractivity contribution in [3.05, 3.63) is 16.1 Å². The van der Waals surface area contributed by atoms with Gasteiger partial charge in [0.25, 0.3) is 0 Å². The minimum atomic E-state index is -0.918. The largest absolute Gasteiger partial charge is 0.297 e. The van der Waals surface area contributed by atoms with Crippen molar-refractivity contribution >= 4 is 17.1 Å². The maximum Gasteiger partial charge on any atom is 0.167 e. The van der Waals surface area contributed by atoms with Crippen LogP contribution in [0.1, 0.15) is 30.0 Å². The standard InChI is InChI=1S/C10H10N2OS/c1-7-5-14-9(12-7)10(6-11)4-2-3-8(10)13/h5H,2-4H2,1H3. The van der Waals surface area contributed by atoms with Crippen LogP contribution in [0.15, 0.2) is 5.38 Å². The summed E-state index contributed by atoms with van der Waals surface area (Å²) in [6, 6.07) is 2.16. The molecule has 1 fully saturated rings. The summed E-state index contributed by atoms with van der Waals surface area (Å²) in [4.78, 5) is 15.9. The number of carbonyl (C=O) groups excluding carboxylic acids is 1. The third kappa shape index (κ3) is 1.17. The average molecular weight is 206 g/mol. The smallest absolute Gasteiger partial charge is 0.167 e. The first-order valence-electron chi connectivity index (χ1n) is 4.56. The first kappa shape index (κ1) is 9.35. The molecule has 0 N–H and O–H groups in total. The third-order valence-corrected chi connectivity index (χ3v) is 3.73. The fourth-order valence-electron chi connectivity index (χ4n) is 1.81. The van der Waals surface area contributed by atoms with Crippen LogP contribution in [0, 0.1) is 18.3 Å². The highest BCUT2D eigenvalue weighted by molar-refractivity contribution is 7.10. The summed E-state index contributed by atoms with van der Waals surface area (Å²) < 4.78 is 0. The SMILES string of the molecule is Cc1csc(C2(C#N)CCCC2=O)n1. The van der Waals surface area contributed by atoms with Gasteiger partial charge in [-0.2, -0.15) is 5.26 Å². The van der Waals surface area contributed by atoms with Crippen molar-refractivity contribution in [1.29, 1.82) is 5.26 Å². The predicted molar refractivity (Wildman–Crippen MR) is 53.0 cm³/mol. The van der Waals surface area contributed by atoms with Gasteiger partial charge in [0.2, 0.25) is 0 Å². The van der Waals surface area contributed by atoms with E-state index in [1.807, 2.05) is 12.3 Å². The van der Waals surface area contributed by atoms with Gasteiger partial charge in [-0.15, -0.1) is 11.3 Å². The molecule has 1 saturated carbocycles. The van der Waals surface area contributed by atoms with E-state index in [0.29, 0.717) is 17.8 Å². The molecule has 1 aliphatic rings. The van der Waals surface area contributed by atoms with Crippen LogP contribution in [-0.4, -0.2) is 10.8 Å². The lowest BCUT2D eigenvalue weighted by atomic mass is 9.88. The molecule has 4 heteroatoms. The van der Waals surface area contributed by atoms with Gasteiger partial charge in [-0.25, -0.2) is 4.98 Å². The average Bonchev–Trinajstić information content (AvgIpc) is 2.73. The summed E-state index contributed by atoms with van der Waals surface area (Å²) in [6.45, 7) is 1.88. The predicted octanol–water partition coefficient (Wildman–Crippen LogP) is 1.97. The lowest BCUT2D eigenvalue weighted by molar-refractivity contribution is -0.120. The van der Waals surface area contributed by atoms with Gasteiger partial charge in [0, 0.05) is 17.5 Å². The van der Waals surface area contributed by atoms with E-state index in [4.69, 9.17) is 5.26 Å². The number of nitriles is 1. The van der Waals surface area contributed by atoms with Gasteiger partial charge in [-0.3, -0.25) is 4.79 Å². The van der Waals surface area contributed by atoms with E-state index in [9.17, 15) is 4.79 Å². The van der Waals surface area contributed by atoms with Gasteiger partial charge >= 0.3 is 0 Å². The summed E-state index contributed by atoms with van der Waals surface area (Å²) in [5, 5.41) is 11.7. The van der Waals surface area contributed by atoms with Crippen molar-refractivity contribution in [1.82, 2.24) is 4.98 Å². The molecule has 1 aromatic heterocycles. The number of carbonyl (C=O) groups is 1. The highest BCUT2D eigenvalue weighted by Crippen LogP contribution is 2.38. The van der Waals surface area contributed by atoms with Crippen molar-refractivity contribution in [3.63, 3.8) is 0 Å². The highest BCUT2D eigenvalue weighted by atomic mass is 32.1. The zero-order chi connectivity index (χ0) is 10.2. The third-order valence-electron chi connectivity index (χ3n) is 2.61. The molecule has 2 rings (SSSR count). The van der Waals surface area contributed by atoms with Crippen LogP contribution in [0.4, 0.5) is 0 Å². The van der Waals surface area contributed by atoms with Crippen molar-refractivity contribution < 1.29 is 4.79 Å². The zero-order valence-electron chi connectivity index (χ0n) is 7.91. The molecule has 3 nitrogen and oxygen atoms in total. The molecule has 1 aliphatic carbocycles. The van der Waals surface area contributed by atoms with Crippen LogP contribution < -0.4 is 0 Å². The summed E-state index contributed by atoms with van der Waals surface area (Å²) in [7, 11) is 0. The van der Waals surface area contributed by atoms with Gasteiger partial charge in [-0.05, 0) is 19.8 Å². The Morgan fingerprint density at radius 2 is 2.50 bits per heavy atom. The molecule has 0 bridgehead atoms. The van der Waals surface area contributed by atoms with E-state index in [0.717, 1.165) is 12.1 Å². The van der Waals surface area contributed by atoms with Gasteiger partial charge in [0.15, 0.2) is 11.2 Å². The first-order chi connectivity index (χ1) is 6.69. The number of aryl methyl sites for hydroxylation is 1. The number of thiazole rings is 1. The number of Topliss-reactive ketones (excluding diaryl/α,β-unsaturated/α-hetero) is 1. The maximum atomic E-state index is 11.7. The quantitative estimate of drug-likeness (QED) is 0.705. The Labute approximate surface area is 86.4 Å². The number of aromatic nitrogens is 1. The molecular formula is C10H10N2OS. The number of ketones is 1. The number of hydrogen-bond acceptors (Lipinski definition) is 4. The van der Waals surface area contributed by atoms with Crippen LogP contribution in [0.25, 0.3) is 0 Å². The molecule has 1 heterocycles. The van der Waals surface area contributed by atoms with E-state index >= 15 is 0 Å². The van der Waals surface area contributed by atoms with Crippen LogP contribution in [0.5, 0.6) is 0 Å². The number of rotatable bonds is 1. The fourth-order valence-corrected chi connectivity index (χ4v) is 2.80. The summed E-state index contributed by atoms with van der Waals surface area (Å²) in [5.41, 5.74) is -0.0295. The van der Waals surface area contributed by atoms with Gasteiger partial charge in [0.1, 0.15) is 5.01 Å². The number of nitrogens with zero attached hydrogens (tertiary/aromatic N) is 2. The molecular weight excluding hydrogens is 196 g/mol. The molecule has 0 radical (unpaired) electrons. The van der Waals surface area contributed by atoms with E-state index in [1.54, 1.807) is 0 Å². The van der Waals surface area contributed by atoms with E-state index < -0.39 is 5.41 Å². The van der Waals surface area contributed by atoms with Crippen molar-refractivity contribution in [2.75, 3.05) is 0 Å². The summed E-state index contributed by atoms with van der Waals surface area (Å²) >= 11 is 1.42. The van der Waals surface area contributed by atoms with Gasteiger partial charge in [-0.1, -0.05) is 0 Å². The lowest BCUT2D eigenvalue weighted by Crippen LogP contribution is -2.28. The Morgan fingerprint density at radius 1 is 1.71 bits per heavy atom. The van der Waals surface area contributed by atoms with Gasteiger partial charge in [0.05, 0.1) is 6.07 Å². The Balaban J connectivity index is 2.49. The molecule has 1 aromatic rings. The van der Waals surface area contributed by atoms with E-state index in [2.05, 4.69) is 11.1 Å².